The summed E-state index contributed by atoms with van der Waals surface area (Å²) in [6, 6.07) is 14.0. The van der Waals surface area contributed by atoms with Crippen molar-refractivity contribution in [1.82, 2.24) is 15.1 Å². The highest BCUT2D eigenvalue weighted by Gasteiger charge is 2.12. The van der Waals surface area contributed by atoms with E-state index in [9.17, 15) is 9.59 Å². The first-order valence-electron chi connectivity index (χ1n) is 8.36. The molecule has 0 spiro atoms. The minimum absolute atomic E-state index is 0.167. The van der Waals surface area contributed by atoms with E-state index < -0.39 is 0 Å². The summed E-state index contributed by atoms with van der Waals surface area (Å²) in [4.78, 5) is 24.0. The van der Waals surface area contributed by atoms with Crippen LogP contribution in [0.4, 0.5) is 5.69 Å². The van der Waals surface area contributed by atoms with E-state index >= 15 is 0 Å². The van der Waals surface area contributed by atoms with Gasteiger partial charge < -0.3 is 10.6 Å². The molecule has 0 bridgehead atoms. The molecule has 0 saturated carbocycles. The summed E-state index contributed by atoms with van der Waals surface area (Å²) in [6.45, 7) is 3.91. The van der Waals surface area contributed by atoms with Gasteiger partial charge in [0.25, 0.3) is 11.8 Å². The van der Waals surface area contributed by atoms with Crippen LogP contribution in [0.5, 0.6) is 0 Å². The Morgan fingerprint density at radius 3 is 2.00 bits per heavy atom. The SMILES string of the molecule is CNC(=O)c1ccc(NC(=O)c2ccc(-n3nc(C)c(Br)c3C)cc2)cc1. The van der Waals surface area contributed by atoms with Crippen molar-refractivity contribution in [2.24, 2.45) is 0 Å². The first-order valence-corrected chi connectivity index (χ1v) is 9.15. The highest BCUT2D eigenvalue weighted by atomic mass is 79.9. The molecule has 6 nitrogen and oxygen atoms in total. The van der Waals surface area contributed by atoms with Crippen LogP contribution in [-0.2, 0) is 0 Å². The molecule has 7 heteroatoms. The first kappa shape index (κ1) is 18.8. The molecule has 2 N–H and O–H groups in total. The topological polar surface area (TPSA) is 76.0 Å². The van der Waals surface area contributed by atoms with Crippen LogP contribution in [0, 0.1) is 13.8 Å². The van der Waals surface area contributed by atoms with Gasteiger partial charge in [0.1, 0.15) is 0 Å². The van der Waals surface area contributed by atoms with Crippen LogP contribution >= 0.6 is 15.9 Å². The minimum Gasteiger partial charge on any atom is -0.355 e. The first-order chi connectivity index (χ1) is 12.9. The van der Waals surface area contributed by atoms with Gasteiger partial charge >= 0.3 is 0 Å². The summed E-state index contributed by atoms with van der Waals surface area (Å²) in [5.74, 6) is -0.386. The van der Waals surface area contributed by atoms with Crippen LogP contribution < -0.4 is 10.6 Å². The monoisotopic (exact) mass is 426 g/mol. The summed E-state index contributed by atoms with van der Waals surface area (Å²) >= 11 is 3.52. The van der Waals surface area contributed by atoms with Gasteiger partial charge in [-0.15, -0.1) is 0 Å². The Balaban J connectivity index is 1.74. The average molecular weight is 427 g/mol. The lowest BCUT2D eigenvalue weighted by molar-refractivity contribution is 0.0962. The van der Waals surface area contributed by atoms with Crippen molar-refractivity contribution in [2.75, 3.05) is 12.4 Å². The molecule has 3 aromatic rings. The van der Waals surface area contributed by atoms with Gasteiger partial charge in [-0.25, -0.2) is 4.68 Å². The zero-order valence-electron chi connectivity index (χ0n) is 15.2. The van der Waals surface area contributed by atoms with Crippen LogP contribution in [0.15, 0.2) is 53.0 Å². The Labute approximate surface area is 165 Å². The molecule has 3 rings (SSSR count). The van der Waals surface area contributed by atoms with Gasteiger partial charge in [-0.05, 0) is 78.3 Å². The largest absolute Gasteiger partial charge is 0.355 e. The summed E-state index contributed by atoms with van der Waals surface area (Å²) < 4.78 is 2.81. The molecule has 2 aromatic carbocycles. The number of anilines is 1. The van der Waals surface area contributed by atoms with Crippen molar-refractivity contribution in [3.05, 3.63) is 75.5 Å². The van der Waals surface area contributed by atoms with E-state index in [2.05, 4.69) is 31.7 Å². The van der Waals surface area contributed by atoms with Gasteiger partial charge in [0.15, 0.2) is 0 Å². The van der Waals surface area contributed by atoms with Gasteiger partial charge in [0.05, 0.1) is 21.5 Å². The zero-order chi connectivity index (χ0) is 19.6. The molecule has 1 heterocycles. The van der Waals surface area contributed by atoms with E-state index in [0.717, 1.165) is 21.5 Å². The van der Waals surface area contributed by atoms with E-state index in [1.165, 1.54) is 0 Å². The molecule has 2 amide bonds. The Morgan fingerprint density at radius 2 is 1.48 bits per heavy atom. The maximum absolute atomic E-state index is 12.4. The lowest BCUT2D eigenvalue weighted by Gasteiger charge is -2.08. The molecule has 0 aliphatic rings. The third-order valence-corrected chi connectivity index (χ3v) is 5.36. The molecule has 0 aliphatic heterocycles. The molecular weight excluding hydrogens is 408 g/mol. The Bertz CT molecular complexity index is 992. The quantitative estimate of drug-likeness (QED) is 0.664. The number of halogens is 1. The van der Waals surface area contributed by atoms with Gasteiger partial charge in [-0.1, -0.05) is 0 Å². The minimum atomic E-state index is -0.219. The molecule has 1 aromatic heterocycles. The number of carbonyl (C=O) groups is 2. The number of rotatable bonds is 4. The number of aromatic nitrogens is 2. The van der Waals surface area contributed by atoms with E-state index in [4.69, 9.17) is 0 Å². The van der Waals surface area contributed by atoms with Crippen LogP contribution in [-0.4, -0.2) is 28.6 Å². The number of hydrogen-bond acceptors (Lipinski definition) is 3. The van der Waals surface area contributed by atoms with E-state index in [1.54, 1.807) is 43.4 Å². The smallest absolute Gasteiger partial charge is 0.255 e. The van der Waals surface area contributed by atoms with Crippen LogP contribution in [0.25, 0.3) is 5.69 Å². The van der Waals surface area contributed by atoms with Crippen molar-refractivity contribution in [1.29, 1.82) is 0 Å². The summed E-state index contributed by atoms with van der Waals surface area (Å²) in [5, 5.41) is 9.87. The molecule has 0 unspecified atom stereocenters. The average Bonchev–Trinajstić information content (AvgIpc) is 2.95. The van der Waals surface area contributed by atoms with Gasteiger partial charge in [-0.2, -0.15) is 5.10 Å². The summed E-state index contributed by atoms with van der Waals surface area (Å²) in [5.41, 5.74) is 4.49. The molecule has 138 valence electrons. The van der Waals surface area contributed by atoms with Crippen LogP contribution in [0.3, 0.4) is 0 Å². The number of amides is 2. The molecule has 0 radical (unpaired) electrons. The number of benzene rings is 2. The van der Waals surface area contributed by atoms with Crippen molar-refractivity contribution in [3.8, 4) is 5.69 Å². The van der Waals surface area contributed by atoms with Crippen LogP contribution in [0.1, 0.15) is 32.1 Å². The van der Waals surface area contributed by atoms with Crippen molar-refractivity contribution >= 4 is 33.4 Å². The fraction of sp³-hybridized carbons (Fsp3) is 0.150. The van der Waals surface area contributed by atoms with Gasteiger partial charge in [0.2, 0.25) is 0 Å². The van der Waals surface area contributed by atoms with E-state index in [-0.39, 0.29) is 11.8 Å². The number of nitrogens with zero attached hydrogens (tertiary/aromatic N) is 2. The normalized spacial score (nSPS) is 10.5. The van der Waals surface area contributed by atoms with Crippen molar-refractivity contribution in [3.63, 3.8) is 0 Å². The predicted molar refractivity (Wildman–Crippen MR) is 109 cm³/mol. The third-order valence-electron chi connectivity index (χ3n) is 4.21. The number of nitrogens with one attached hydrogen (secondary N) is 2. The summed E-state index contributed by atoms with van der Waals surface area (Å²) in [6.07, 6.45) is 0. The molecular formula is C20H19BrN4O2. The Hall–Kier alpha value is -2.93. The molecule has 0 saturated heterocycles. The lowest BCUT2D eigenvalue weighted by Crippen LogP contribution is -2.17. The fourth-order valence-electron chi connectivity index (χ4n) is 2.68. The summed E-state index contributed by atoms with van der Waals surface area (Å²) in [7, 11) is 1.58. The highest BCUT2D eigenvalue weighted by Crippen LogP contribution is 2.23. The fourth-order valence-corrected chi connectivity index (χ4v) is 2.93. The number of carbonyl (C=O) groups excluding carboxylic acids is 2. The Kier molecular flexibility index (Phi) is 5.41. The number of hydrogen-bond donors (Lipinski definition) is 2. The highest BCUT2D eigenvalue weighted by molar-refractivity contribution is 9.10. The lowest BCUT2D eigenvalue weighted by atomic mass is 10.1. The van der Waals surface area contributed by atoms with Crippen molar-refractivity contribution in [2.45, 2.75) is 13.8 Å². The second-order valence-electron chi connectivity index (χ2n) is 6.05. The molecule has 0 fully saturated rings. The standard InChI is InChI=1S/C20H19BrN4O2/c1-12-18(21)13(2)25(24-12)17-10-6-15(7-11-17)20(27)23-16-8-4-14(5-9-16)19(26)22-3/h4-11H,1-3H3,(H,22,26)(H,23,27). The van der Waals surface area contributed by atoms with E-state index in [0.29, 0.717) is 16.8 Å². The maximum atomic E-state index is 12.4. The van der Waals surface area contributed by atoms with Crippen molar-refractivity contribution < 1.29 is 9.59 Å². The zero-order valence-corrected chi connectivity index (χ0v) is 16.8. The van der Waals surface area contributed by atoms with Crippen LogP contribution in [0.2, 0.25) is 0 Å². The third kappa shape index (κ3) is 3.93. The molecule has 27 heavy (non-hydrogen) atoms. The predicted octanol–water partition coefficient (Wildman–Crippen LogP) is 3.86. The van der Waals surface area contributed by atoms with E-state index in [1.807, 2.05) is 30.7 Å². The molecule has 0 aliphatic carbocycles. The number of aryl methyl sites for hydroxylation is 1. The molecule has 0 atom stereocenters. The Morgan fingerprint density at radius 1 is 0.926 bits per heavy atom. The second kappa shape index (κ2) is 7.75. The van der Waals surface area contributed by atoms with Gasteiger partial charge in [-0.3, -0.25) is 9.59 Å². The van der Waals surface area contributed by atoms with Gasteiger partial charge in [0, 0.05) is 23.9 Å². The second-order valence-corrected chi connectivity index (χ2v) is 6.85. The maximum Gasteiger partial charge on any atom is 0.255 e.